The van der Waals surface area contributed by atoms with E-state index in [9.17, 15) is 5.11 Å². The van der Waals surface area contributed by atoms with Gasteiger partial charge in [-0.25, -0.2) is 4.98 Å². The molecule has 0 amide bonds. The van der Waals surface area contributed by atoms with Crippen molar-refractivity contribution in [2.24, 2.45) is 0 Å². The van der Waals surface area contributed by atoms with Gasteiger partial charge in [0.2, 0.25) is 5.88 Å². The van der Waals surface area contributed by atoms with Crippen LogP contribution in [0.4, 0.5) is 0 Å². The minimum absolute atomic E-state index is 0.226. The molecule has 2 N–H and O–H groups in total. The van der Waals surface area contributed by atoms with Gasteiger partial charge in [0.15, 0.2) is 0 Å². The Morgan fingerprint density at radius 3 is 3.00 bits per heavy atom. The van der Waals surface area contributed by atoms with Crippen molar-refractivity contribution in [3.63, 3.8) is 0 Å². The number of benzene rings is 1. The Balaban J connectivity index is 2.05. The largest absolute Gasteiger partial charge is 0.508 e. The summed E-state index contributed by atoms with van der Waals surface area (Å²) in [6, 6.07) is 7.09. The molecule has 0 saturated heterocycles. The van der Waals surface area contributed by atoms with E-state index in [1.54, 1.807) is 18.3 Å². The number of hydrogen-bond acceptors (Lipinski definition) is 4. The number of ether oxygens (including phenoxy) is 1. The van der Waals surface area contributed by atoms with Gasteiger partial charge in [-0.05, 0) is 36.6 Å². The zero-order valence-electron chi connectivity index (χ0n) is 10.5. The Morgan fingerprint density at radius 1 is 1.28 bits per heavy atom. The zero-order valence-corrected chi connectivity index (χ0v) is 10.5. The molecule has 0 fully saturated rings. The second-order valence-electron chi connectivity index (χ2n) is 4.12. The molecular weight excluding hydrogens is 228 g/mol. The second kappa shape index (κ2) is 6.21. The summed E-state index contributed by atoms with van der Waals surface area (Å²) >= 11 is 0. The fraction of sp³-hybridized carbons (Fsp3) is 0.357. The van der Waals surface area contributed by atoms with Crippen molar-refractivity contribution >= 4 is 10.8 Å². The lowest BCUT2D eigenvalue weighted by Crippen LogP contribution is -2.21. The molecule has 0 spiro atoms. The Morgan fingerprint density at radius 2 is 2.17 bits per heavy atom. The van der Waals surface area contributed by atoms with Crippen LogP contribution in [0.3, 0.4) is 0 Å². The van der Waals surface area contributed by atoms with E-state index in [1.165, 1.54) is 0 Å². The fourth-order valence-electron chi connectivity index (χ4n) is 1.77. The van der Waals surface area contributed by atoms with Crippen molar-refractivity contribution in [1.29, 1.82) is 0 Å². The van der Waals surface area contributed by atoms with Crippen molar-refractivity contribution in [3.8, 4) is 11.6 Å². The Bertz CT molecular complexity index is 514. The summed E-state index contributed by atoms with van der Waals surface area (Å²) < 4.78 is 5.64. The molecule has 0 radical (unpaired) electrons. The van der Waals surface area contributed by atoms with Crippen LogP contribution in [0.1, 0.15) is 13.3 Å². The molecule has 2 rings (SSSR count). The fourth-order valence-corrected chi connectivity index (χ4v) is 1.77. The van der Waals surface area contributed by atoms with Crippen LogP contribution in [0, 0.1) is 0 Å². The van der Waals surface area contributed by atoms with Gasteiger partial charge >= 0.3 is 0 Å². The summed E-state index contributed by atoms with van der Waals surface area (Å²) in [5.41, 5.74) is 0. The molecule has 4 nitrogen and oxygen atoms in total. The van der Waals surface area contributed by atoms with Gasteiger partial charge in [0.1, 0.15) is 12.4 Å². The number of hydrogen-bond donors (Lipinski definition) is 2. The molecular formula is C14H18N2O2. The average Bonchev–Trinajstić information content (AvgIpc) is 2.39. The van der Waals surface area contributed by atoms with Crippen molar-refractivity contribution in [2.45, 2.75) is 13.3 Å². The van der Waals surface area contributed by atoms with E-state index in [2.05, 4.69) is 17.2 Å². The maximum atomic E-state index is 9.50. The summed E-state index contributed by atoms with van der Waals surface area (Å²) in [6.07, 6.45) is 2.83. The quantitative estimate of drug-likeness (QED) is 0.768. The number of nitrogens with one attached hydrogen (secondary N) is 1. The summed E-state index contributed by atoms with van der Waals surface area (Å²) in [7, 11) is 0. The Labute approximate surface area is 107 Å². The van der Waals surface area contributed by atoms with E-state index >= 15 is 0 Å². The third kappa shape index (κ3) is 3.11. The summed E-state index contributed by atoms with van der Waals surface area (Å²) in [5.74, 6) is 0.797. The highest BCUT2D eigenvalue weighted by Gasteiger charge is 2.04. The lowest BCUT2D eigenvalue weighted by atomic mass is 10.1. The number of fused-ring (bicyclic) bond motifs is 1. The smallest absolute Gasteiger partial charge is 0.221 e. The summed E-state index contributed by atoms with van der Waals surface area (Å²) in [5, 5.41) is 14.6. The zero-order chi connectivity index (χ0) is 12.8. The first-order valence-corrected chi connectivity index (χ1v) is 6.22. The molecule has 0 unspecified atom stereocenters. The third-order valence-electron chi connectivity index (χ3n) is 2.66. The predicted octanol–water partition coefficient (Wildman–Crippen LogP) is 2.32. The van der Waals surface area contributed by atoms with Crippen LogP contribution in [0.25, 0.3) is 10.8 Å². The SMILES string of the molecule is CCCNCCOc1nccc2ccc(O)cc12. The van der Waals surface area contributed by atoms with Crippen LogP contribution in [0.15, 0.2) is 30.5 Å². The lowest BCUT2D eigenvalue weighted by Gasteiger charge is -2.08. The number of aromatic nitrogens is 1. The molecule has 0 atom stereocenters. The van der Waals surface area contributed by atoms with Gasteiger partial charge < -0.3 is 15.2 Å². The number of nitrogens with zero attached hydrogens (tertiary/aromatic N) is 1. The van der Waals surface area contributed by atoms with Gasteiger partial charge in [-0.2, -0.15) is 0 Å². The third-order valence-corrected chi connectivity index (χ3v) is 2.66. The Kier molecular flexibility index (Phi) is 4.36. The van der Waals surface area contributed by atoms with Crippen molar-refractivity contribution in [2.75, 3.05) is 19.7 Å². The molecule has 1 aromatic heterocycles. The van der Waals surface area contributed by atoms with E-state index in [0.29, 0.717) is 12.5 Å². The van der Waals surface area contributed by atoms with Crippen LogP contribution in [0.2, 0.25) is 0 Å². The van der Waals surface area contributed by atoms with Gasteiger partial charge in [0.25, 0.3) is 0 Å². The number of phenols is 1. The number of pyridine rings is 1. The minimum atomic E-state index is 0.226. The van der Waals surface area contributed by atoms with Crippen LogP contribution < -0.4 is 10.1 Å². The first kappa shape index (κ1) is 12.6. The van der Waals surface area contributed by atoms with Crippen LogP contribution >= 0.6 is 0 Å². The number of phenolic OH excluding ortho intramolecular Hbond substituents is 1. The first-order chi connectivity index (χ1) is 8.81. The van der Waals surface area contributed by atoms with Gasteiger partial charge in [0.05, 0.1) is 0 Å². The van der Waals surface area contributed by atoms with Crippen LogP contribution in [0.5, 0.6) is 11.6 Å². The molecule has 18 heavy (non-hydrogen) atoms. The molecule has 0 saturated carbocycles. The molecule has 4 heteroatoms. The average molecular weight is 246 g/mol. The maximum Gasteiger partial charge on any atom is 0.221 e. The molecule has 96 valence electrons. The normalized spacial score (nSPS) is 10.7. The maximum absolute atomic E-state index is 9.50. The van der Waals surface area contributed by atoms with Gasteiger partial charge in [-0.15, -0.1) is 0 Å². The second-order valence-corrected chi connectivity index (χ2v) is 4.12. The van der Waals surface area contributed by atoms with Gasteiger partial charge in [-0.1, -0.05) is 13.0 Å². The first-order valence-electron chi connectivity index (χ1n) is 6.22. The minimum Gasteiger partial charge on any atom is -0.508 e. The van der Waals surface area contributed by atoms with Crippen molar-refractivity contribution in [3.05, 3.63) is 30.5 Å². The molecule has 1 heterocycles. The lowest BCUT2D eigenvalue weighted by molar-refractivity contribution is 0.306. The predicted molar refractivity (Wildman–Crippen MR) is 72.1 cm³/mol. The molecule has 0 aliphatic heterocycles. The van der Waals surface area contributed by atoms with E-state index in [0.717, 1.165) is 30.3 Å². The standard InChI is InChI=1S/C14H18N2O2/c1-2-6-15-8-9-18-14-13-10-12(17)4-3-11(13)5-7-16-14/h3-5,7,10,15,17H,2,6,8-9H2,1H3. The molecule has 0 aliphatic carbocycles. The van der Waals surface area contributed by atoms with Crippen molar-refractivity contribution < 1.29 is 9.84 Å². The van der Waals surface area contributed by atoms with Gasteiger partial charge in [0, 0.05) is 18.1 Å². The van der Waals surface area contributed by atoms with E-state index in [4.69, 9.17) is 4.74 Å². The summed E-state index contributed by atoms with van der Waals surface area (Å²) in [4.78, 5) is 4.20. The molecule has 1 aromatic carbocycles. The van der Waals surface area contributed by atoms with E-state index < -0.39 is 0 Å². The van der Waals surface area contributed by atoms with Crippen molar-refractivity contribution in [1.82, 2.24) is 10.3 Å². The number of rotatable bonds is 6. The highest BCUT2D eigenvalue weighted by Crippen LogP contribution is 2.26. The van der Waals surface area contributed by atoms with E-state index in [-0.39, 0.29) is 5.75 Å². The van der Waals surface area contributed by atoms with Gasteiger partial charge in [-0.3, -0.25) is 0 Å². The van der Waals surface area contributed by atoms with Crippen LogP contribution in [-0.2, 0) is 0 Å². The number of aromatic hydroxyl groups is 1. The molecule has 0 aliphatic rings. The summed E-state index contributed by atoms with van der Waals surface area (Å²) in [6.45, 7) is 4.49. The van der Waals surface area contributed by atoms with Crippen LogP contribution in [-0.4, -0.2) is 29.8 Å². The molecule has 0 bridgehead atoms. The monoisotopic (exact) mass is 246 g/mol. The highest BCUT2D eigenvalue weighted by molar-refractivity contribution is 5.87. The highest BCUT2D eigenvalue weighted by atomic mass is 16.5. The van der Waals surface area contributed by atoms with E-state index in [1.807, 2.05) is 12.1 Å². The molecule has 2 aromatic rings. The Hall–Kier alpha value is -1.81. The topological polar surface area (TPSA) is 54.4 Å².